The number of hydrogen-bond donors (Lipinski definition) is 2. The fourth-order valence-electron chi connectivity index (χ4n) is 1.30. The van der Waals surface area contributed by atoms with E-state index in [2.05, 4.69) is 0 Å². The molecular weight excluding hydrogens is 230 g/mol. The van der Waals surface area contributed by atoms with Gasteiger partial charge in [0, 0.05) is 23.4 Å². The maximum Gasteiger partial charge on any atom is 0.0438 e. The van der Waals surface area contributed by atoms with E-state index in [0.717, 1.165) is 22.8 Å². The molecule has 0 fully saturated rings. The summed E-state index contributed by atoms with van der Waals surface area (Å²) in [7, 11) is 0. The van der Waals surface area contributed by atoms with Crippen LogP contribution in [0.5, 0.6) is 0 Å². The molecular formula is C11H16ClNOS. The van der Waals surface area contributed by atoms with Crippen molar-refractivity contribution in [2.24, 2.45) is 5.73 Å². The van der Waals surface area contributed by atoms with Gasteiger partial charge in [-0.3, -0.25) is 0 Å². The van der Waals surface area contributed by atoms with Gasteiger partial charge in [0.1, 0.15) is 0 Å². The molecule has 0 saturated carbocycles. The predicted octanol–water partition coefficient (Wildman–Crippen LogP) is 2.46. The van der Waals surface area contributed by atoms with Gasteiger partial charge in [-0.2, -0.15) is 11.8 Å². The average Bonchev–Trinajstić information content (AvgIpc) is 2.24. The van der Waals surface area contributed by atoms with Gasteiger partial charge in [-0.05, 0) is 29.9 Å². The molecule has 0 aliphatic heterocycles. The van der Waals surface area contributed by atoms with Crippen LogP contribution in [0.2, 0.25) is 5.02 Å². The summed E-state index contributed by atoms with van der Waals surface area (Å²) in [6.07, 6.45) is 0.807. The van der Waals surface area contributed by atoms with Crippen molar-refractivity contribution < 1.29 is 5.11 Å². The van der Waals surface area contributed by atoms with Crippen molar-refractivity contribution in [1.29, 1.82) is 0 Å². The van der Waals surface area contributed by atoms with E-state index in [1.807, 2.05) is 24.3 Å². The van der Waals surface area contributed by atoms with E-state index in [1.54, 1.807) is 11.8 Å². The third kappa shape index (κ3) is 4.43. The van der Waals surface area contributed by atoms with Crippen molar-refractivity contribution in [2.45, 2.75) is 11.7 Å². The molecule has 1 atom stereocenters. The van der Waals surface area contributed by atoms with Crippen LogP contribution in [0.1, 0.15) is 17.2 Å². The van der Waals surface area contributed by atoms with E-state index in [0.29, 0.717) is 6.54 Å². The first-order valence-electron chi connectivity index (χ1n) is 4.96. The van der Waals surface area contributed by atoms with Crippen LogP contribution in [-0.2, 0) is 0 Å². The highest BCUT2D eigenvalue weighted by Gasteiger charge is 2.09. The van der Waals surface area contributed by atoms with Gasteiger partial charge in [-0.25, -0.2) is 0 Å². The minimum absolute atomic E-state index is 0.236. The Morgan fingerprint density at radius 2 is 2.27 bits per heavy atom. The summed E-state index contributed by atoms with van der Waals surface area (Å²) in [6.45, 7) is 0.830. The molecule has 1 aromatic carbocycles. The van der Waals surface area contributed by atoms with E-state index in [9.17, 15) is 0 Å². The summed E-state index contributed by atoms with van der Waals surface area (Å²) in [5.41, 5.74) is 6.87. The Kier molecular flexibility index (Phi) is 6.10. The first-order chi connectivity index (χ1) is 7.27. The zero-order valence-electron chi connectivity index (χ0n) is 8.53. The Labute approximate surface area is 99.8 Å². The molecule has 0 bridgehead atoms. The molecule has 4 heteroatoms. The highest BCUT2D eigenvalue weighted by atomic mass is 35.5. The van der Waals surface area contributed by atoms with Crippen LogP contribution in [0.3, 0.4) is 0 Å². The summed E-state index contributed by atoms with van der Waals surface area (Å²) >= 11 is 7.68. The van der Waals surface area contributed by atoms with Crippen LogP contribution in [0, 0.1) is 0 Å². The molecule has 2 nitrogen and oxygen atoms in total. The standard InChI is InChI=1S/C11H16ClNOS/c12-10-4-1-3-9(7-10)11(8-13)15-6-2-5-14/h1,3-4,7,11,14H,2,5-6,8,13H2. The summed E-state index contributed by atoms with van der Waals surface area (Å²) in [5.74, 6) is 0.922. The molecule has 0 radical (unpaired) electrons. The number of hydrogen-bond acceptors (Lipinski definition) is 3. The van der Waals surface area contributed by atoms with E-state index < -0.39 is 0 Å². The van der Waals surface area contributed by atoms with E-state index in [-0.39, 0.29) is 11.9 Å². The third-order valence-electron chi connectivity index (χ3n) is 2.06. The number of aliphatic hydroxyl groups is 1. The molecule has 15 heavy (non-hydrogen) atoms. The Bertz CT molecular complexity index is 296. The van der Waals surface area contributed by atoms with Gasteiger partial charge < -0.3 is 10.8 Å². The van der Waals surface area contributed by atoms with Gasteiger partial charge in [0.2, 0.25) is 0 Å². The first kappa shape index (κ1) is 12.8. The largest absolute Gasteiger partial charge is 0.396 e. The summed E-state index contributed by atoms with van der Waals surface area (Å²) in [6, 6.07) is 7.78. The second kappa shape index (κ2) is 7.12. The van der Waals surface area contributed by atoms with E-state index in [1.165, 1.54) is 0 Å². The lowest BCUT2D eigenvalue weighted by molar-refractivity contribution is 0.296. The molecule has 0 amide bonds. The van der Waals surface area contributed by atoms with E-state index in [4.69, 9.17) is 22.4 Å². The number of thioether (sulfide) groups is 1. The van der Waals surface area contributed by atoms with Crippen LogP contribution < -0.4 is 5.73 Å². The SMILES string of the molecule is NCC(SCCCO)c1cccc(Cl)c1. The van der Waals surface area contributed by atoms with Gasteiger partial charge in [0.15, 0.2) is 0 Å². The maximum absolute atomic E-state index is 8.70. The van der Waals surface area contributed by atoms with Crippen molar-refractivity contribution in [2.75, 3.05) is 18.9 Å². The van der Waals surface area contributed by atoms with E-state index >= 15 is 0 Å². The fourth-order valence-corrected chi connectivity index (χ4v) is 2.55. The zero-order chi connectivity index (χ0) is 11.1. The smallest absolute Gasteiger partial charge is 0.0438 e. The van der Waals surface area contributed by atoms with Crippen LogP contribution in [0.15, 0.2) is 24.3 Å². The summed E-state index contributed by atoms with van der Waals surface area (Å²) in [5, 5.41) is 9.72. The van der Waals surface area contributed by atoms with Gasteiger partial charge in [-0.1, -0.05) is 23.7 Å². The molecule has 84 valence electrons. The zero-order valence-corrected chi connectivity index (χ0v) is 10.1. The van der Waals surface area contributed by atoms with Crippen LogP contribution in [0.25, 0.3) is 0 Å². The molecule has 0 spiro atoms. The topological polar surface area (TPSA) is 46.2 Å². The number of halogens is 1. The van der Waals surface area contributed by atoms with Crippen molar-refractivity contribution >= 4 is 23.4 Å². The number of rotatable bonds is 6. The van der Waals surface area contributed by atoms with Gasteiger partial charge in [-0.15, -0.1) is 0 Å². The molecule has 0 heterocycles. The van der Waals surface area contributed by atoms with Crippen molar-refractivity contribution in [1.82, 2.24) is 0 Å². The van der Waals surface area contributed by atoms with Crippen LogP contribution in [-0.4, -0.2) is 24.0 Å². The highest BCUT2D eigenvalue weighted by molar-refractivity contribution is 7.99. The molecule has 0 aromatic heterocycles. The molecule has 0 aliphatic rings. The lowest BCUT2D eigenvalue weighted by Gasteiger charge is -2.14. The van der Waals surface area contributed by atoms with Crippen LogP contribution >= 0.6 is 23.4 Å². The Morgan fingerprint density at radius 1 is 1.47 bits per heavy atom. The molecule has 1 rings (SSSR count). The predicted molar refractivity (Wildman–Crippen MR) is 67.4 cm³/mol. The Balaban J connectivity index is 2.57. The minimum Gasteiger partial charge on any atom is -0.396 e. The van der Waals surface area contributed by atoms with Gasteiger partial charge >= 0.3 is 0 Å². The van der Waals surface area contributed by atoms with Crippen molar-refractivity contribution in [3.8, 4) is 0 Å². The highest BCUT2D eigenvalue weighted by Crippen LogP contribution is 2.29. The number of nitrogens with two attached hydrogens (primary N) is 1. The maximum atomic E-state index is 8.70. The Hall–Kier alpha value is -0.220. The van der Waals surface area contributed by atoms with Gasteiger partial charge in [0.05, 0.1) is 0 Å². The molecule has 0 aliphatic carbocycles. The molecule has 1 aromatic rings. The fraction of sp³-hybridized carbons (Fsp3) is 0.455. The summed E-state index contributed by atoms with van der Waals surface area (Å²) in [4.78, 5) is 0. The lowest BCUT2D eigenvalue weighted by atomic mass is 10.1. The van der Waals surface area contributed by atoms with Crippen molar-refractivity contribution in [3.63, 3.8) is 0 Å². The van der Waals surface area contributed by atoms with Gasteiger partial charge in [0.25, 0.3) is 0 Å². The van der Waals surface area contributed by atoms with Crippen molar-refractivity contribution in [3.05, 3.63) is 34.9 Å². The first-order valence-corrected chi connectivity index (χ1v) is 6.38. The third-order valence-corrected chi connectivity index (χ3v) is 3.68. The average molecular weight is 246 g/mol. The number of aliphatic hydroxyl groups excluding tert-OH is 1. The summed E-state index contributed by atoms with van der Waals surface area (Å²) < 4.78 is 0. The second-order valence-electron chi connectivity index (χ2n) is 3.23. The molecule has 3 N–H and O–H groups in total. The lowest BCUT2D eigenvalue weighted by Crippen LogP contribution is -2.10. The molecule has 0 saturated heterocycles. The number of benzene rings is 1. The Morgan fingerprint density at radius 3 is 2.87 bits per heavy atom. The molecule has 1 unspecified atom stereocenters. The normalized spacial score (nSPS) is 12.7. The monoisotopic (exact) mass is 245 g/mol. The quantitative estimate of drug-likeness (QED) is 0.757. The van der Waals surface area contributed by atoms with Crippen LogP contribution in [0.4, 0.5) is 0 Å². The second-order valence-corrected chi connectivity index (χ2v) is 4.97. The minimum atomic E-state index is 0.236.